The van der Waals surface area contributed by atoms with Gasteiger partial charge in [-0.05, 0) is 49.2 Å². The molecule has 0 bridgehead atoms. The summed E-state index contributed by atoms with van der Waals surface area (Å²) in [7, 11) is 0. The first-order chi connectivity index (χ1) is 9.24. The molecule has 2 N–H and O–H groups in total. The summed E-state index contributed by atoms with van der Waals surface area (Å²) in [5.74, 6) is -0.206. The fourth-order valence-corrected chi connectivity index (χ4v) is 1.91. The fourth-order valence-electron chi connectivity index (χ4n) is 1.91. The van der Waals surface area contributed by atoms with E-state index in [2.05, 4.69) is 35.8 Å². The largest absolute Gasteiger partial charge is 0.385 e. The van der Waals surface area contributed by atoms with Gasteiger partial charge in [-0.25, -0.2) is 4.39 Å². The van der Waals surface area contributed by atoms with Crippen molar-refractivity contribution in [1.29, 1.82) is 0 Å². The van der Waals surface area contributed by atoms with Crippen LogP contribution >= 0.6 is 0 Å². The van der Waals surface area contributed by atoms with Crippen LogP contribution in [0.5, 0.6) is 0 Å². The van der Waals surface area contributed by atoms with Crippen molar-refractivity contribution < 1.29 is 4.39 Å². The van der Waals surface area contributed by atoms with Crippen molar-refractivity contribution in [3.8, 4) is 0 Å². The molecule has 0 aliphatic carbocycles. The molecule has 0 radical (unpaired) electrons. The maximum Gasteiger partial charge on any atom is 0.125 e. The van der Waals surface area contributed by atoms with E-state index in [0.29, 0.717) is 0 Å². The summed E-state index contributed by atoms with van der Waals surface area (Å²) in [5.41, 5.74) is 3.23. The molecule has 2 aromatic carbocycles. The molecule has 0 heterocycles. The fraction of sp³-hybridized carbons (Fsp3) is 0.250. The minimum Gasteiger partial charge on any atom is -0.385 e. The summed E-state index contributed by atoms with van der Waals surface area (Å²) in [5, 5.41) is 6.57. The predicted molar refractivity (Wildman–Crippen MR) is 79.2 cm³/mol. The molecular formula is C16H19FN2. The topological polar surface area (TPSA) is 24.1 Å². The van der Waals surface area contributed by atoms with Crippen LogP contribution in [0, 0.1) is 12.7 Å². The summed E-state index contributed by atoms with van der Waals surface area (Å²) < 4.78 is 12.9. The minimum atomic E-state index is -0.206. The van der Waals surface area contributed by atoms with Crippen molar-refractivity contribution in [1.82, 2.24) is 0 Å². The van der Waals surface area contributed by atoms with E-state index in [4.69, 9.17) is 0 Å². The zero-order valence-corrected chi connectivity index (χ0v) is 11.1. The summed E-state index contributed by atoms with van der Waals surface area (Å²) in [6.07, 6.45) is 0.977. The number of nitrogens with one attached hydrogen (secondary N) is 2. The first-order valence-corrected chi connectivity index (χ1v) is 6.54. The van der Waals surface area contributed by atoms with Crippen molar-refractivity contribution in [3.05, 3.63) is 59.9 Å². The third-order valence-corrected chi connectivity index (χ3v) is 2.85. The van der Waals surface area contributed by atoms with Gasteiger partial charge < -0.3 is 10.6 Å². The summed E-state index contributed by atoms with van der Waals surface area (Å²) in [6, 6.07) is 14.9. The second-order valence-electron chi connectivity index (χ2n) is 4.59. The monoisotopic (exact) mass is 258 g/mol. The number of halogens is 1. The second kappa shape index (κ2) is 6.78. The highest BCUT2D eigenvalue weighted by atomic mass is 19.1. The summed E-state index contributed by atoms with van der Waals surface area (Å²) >= 11 is 0. The molecule has 0 unspecified atom stereocenters. The Morgan fingerprint density at radius 3 is 2.16 bits per heavy atom. The number of rotatable bonds is 6. The predicted octanol–water partition coefficient (Wildman–Crippen LogP) is 4.05. The van der Waals surface area contributed by atoms with Crippen LogP contribution in [0.3, 0.4) is 0 Å². The van der Waals surface area contributed by atoms with E-state index in [1.807, 2.05) is 12.1 Å². The lowest BCUT2D eigenvalue weighted by Gasteiger charge is -2.09. The molecule has 3 heteroatoms. The van der Waals surface area contributed by atoms with Crippen LogP contribution in [0.4, 0.5) is 15.8 Å². The minimum absolute atomic E-state index is 0.206. The van der Waals surface area contributed by atoms with Crippen molar-refractivity contribution in [3.63, 3.8) is 0 Å². The van der Waals surface area contributed by atoms with E-state index in [0.717, 1.165) is 30.9 Å². The first kappa shape index (κ1) is 13.4. The Morgan fingerprint density at radius 2 is 1.53 bits per heavy atom. The van der Waals surface area contributed by atoms with Gasteiger partial charge in [-0.3, -0.25) is 0 Å². The van der Waals surface area contributed by atoms with Crippen LogP contribution in [0.25, 0.3) is 0 Å². The Labute approximate surface area is 113 Å². The van der Waals surface area contributed by atoms with Crippen molar-refractivity contribution in [2.24, 2.45) is 0 Å². The number of hydrogen-bond donors (Lipinski definition) is 2. The Balaban J connectivity index is 1.67. The molecule has 0 aromatic heterocycles. The summed E-state index contributed by atoms with van der Waals surface area (Å²) in [4.78, 5) is 0. The van der Waals surface area contributed by atoms with Gasteiger partial charge >= 0.3 is 0 Å². The average molecular weight is 258 g/mol. The number of benzene rings is 2. The van der Waals surface area contributed by atoms with E-state index in [1.165, 1.54) is 17.7 Å². The maximum atomic E-state index is 12.9. The highest BCUT2D eigenvalue weighted by molar-refractivity contribution is 5.45. The zero-order valence-electron chi connectivity index (χ0n) is 11.1. The van der Waals surface area contributed by atoms with E-state index < -0.39 is 0 Å². The van der Waals surface area contributed by atoms with Gasteiger partial charge in [-0.2, -0.15) is 0 Å². The molecule has 2 nitrogen and oxygen atoms in total. The molecule has 2 rings (SSSR count). The molecule has 0 aliphatic rings. The van der Waals surface area contributed by atoms with E-state index in [9.17, 15) is 4.39 Å². The summed E-state index contributed by atoms with van der Waals surface area (Å²) in [6.45, 7) is 3.80. The molecule has 19 heavy (non-hydrogen) atoms. The lowest BCUT2D eigenvalue weighted by atomic mass is 10.2. The molecule has 0 fully saturated rings. The smallest absolute Gasteiger partial charge is 0.125 e. The quantitative estimate of drug-likeness (QED) is 0.764. The Morgan fingerprint density at radius 1 is 0.895 bits per heavy atom. The van der Waals surface area contributed by atoms with Crippen LogP contribution in [0.2, 0.25) is 0 Å². The van der Waals surface area contributed by atoms with Gasteiger partial charge in [0, 0.05) is 24.5 Å². The molecule has 0 aliphatic heterocycles. The van der Waals surface area contributed by atoms with Crippen molar-refractivity contribution in [2.75, 3.05) is 23.7 Å². The zero-order chi connectivity index (χ0) is 13.5. The van der Waals surface area contributed by atoms with Gasteiger partial charge in [0.05, 0.1) is 0 Å². The van der Waals surface area contributed by atoms with Gasteiger partial charge in [-0.1, -0.05) is 18.2 Å². The van der Waals surface area contributed by atoms with Gasteiger partial charge in [0.15, 0.2) is 0 Å². The molecule has 0 atom stereocenters. The van der Waals surface area contributed by atoms with Crippen LogP contribution in [-0.2, 0) is 0 Å². The van der Waals surface area contributed by atoms with Gasteiger partial charge in [0.25, 0.3) is 0 Å². The third-order valence-electron chi connectivity index (χ3n) is 2.85. The van der Waals surface area contributed by atoms with E-state index in [1.54, 1.807) is 6.07 Å². The standard InChI is InChI=1S/C16H19FN2/c1-13-5-2-7-15(11-13)18-9-4-10-19-16-8-3-6-14(17)12-16/h2-3,5-8,11-12,18-19H,4,9-10H2,1H3. The average Bonchev–Trinajstić information content (AvgIpc) is 2.38. The Kier molecular flexibility index (Phi) is 4.78. The van der Waals surface area contributed by atoms with Crippen LogP contribution in [-0.4, -0.2) is 13.1 Å². The van der Waals surface area contributed by atoms with Crippen molar-refractivity contribution >= 4 is 11.4 Å². The SMILES string of the molecule is Cc1cccc(NCCCNc2cccc(F)c2)c1. The third kappa shape index (κ3) is 4.62. The Bertz CT molecular complexity index is 478. The lowest BCUT2D eigenvalue weighted by Crippen LogP contribution is -2.09. The second-order valence-corrected chi connectivity index (χ2v) is 4.59. The highest BCUT2D eigenvalue weighted by Crippen LogP contribution is 2.10. The van der Waals surface area contributed by atoms with Crippen molar-refractivity contribution in [2.45, 2.75) is 13.3 Å². The molecule has 0 saturated heterocycles. The van der Waals surface area contributed by atoms with E-state index in [-0.39, 0.29) is 5.82 Å². The van der Waals surface area contributed by atoms with Crippen LogP contribution in [0.15, 0.2) is 48.5 Å². The lowest BCUT2D eigenvalue weighted by molar-refractivity contribution is 0.628. The van der Waals surface area contributed by atoms with Gasteiger partial charge in [-0.15, -0.1) is 0 Å². The highest BCUT2D eigenvalue weighted by Gasteiger charge is 1.95. The van der Waals surface area contributed by atoms with Crippen LogP contribution < -0.4 is 10.6 Å². The molecule has 0 amide bonds. The number of anilines is 2. The molecule has 2 aromatic rings. The molecular weight excluding hydrogens is 239 g/mol. The normalized spacial score (nSPS) is 10.2. The Hall–Kier alpha value is -2.03. The maximum absolute atomic E-state index is 12.9. The number of hydrogen-bond acceptors (Lipinski definition) is 2. The van der Waals surface area contributed by atoms with E-state index >= 15 is 0 Å². The molecule has 0 spiro atoms. The first-order valence-electron chi connectivity index (χ1n) is 6.54. The molecule has 100 valence electrons. The van der Waals surface area contributed by atoms with Gasteiger partial charge in [0.2, 0.25) is 0 Å². The van der Waals surface area contributed by atoms with Crippen LogP contribution in [0.1, 0.15) is 12.0 Å². The molecule has 0 saturated carbocycles. The number of aryl methyl sites for hydroxylation is 1. The van der Waals surface area contributed by atoms with Gasteiger partial charge in [0.1, 0.15) is 5.82 Å².